The zero-order chi connectivity index (χ0) is 25.2. The van der Waals surface area contributed by atoms with Crippen molar-refractivity contribution in [1.82, 2.24) is 0 Å². The predicted molar refractivity (Wildman–Crippen MR) is 141 cm³/mol. The summed E-state index contributed by atoms with van der Waals surface area (Å²) >= 11 is 0. The molecule has 0 unspecified atom stereocenters. The van der Waals surface area contributed by atoms with Crippen LogP contribution in [0, 0.1) is 0 Å². The number of phenolic OH excluding ortho intramolecular Hbond substituents is 1. The number of hydrogen-bond donors (Lipinski definition) is 4. The second kappa shape index (κ2) is 9.38. The van der Waals surface area contributed by atoms with Crippen LogP contribution in [0.2, 0.25) is 0 Å². The Morgan fingerprint density at radius 3 is 2.28 bits per heavy atom. The number of carboxylic acid groups (broad SMARTS) is 1. The van der Waals surface area contributed by atoms with Gasteiger partial charge in [0.2, 0.25) is 0 Å². The van der Waals surface area contributed by atoms with Crippen LogP contribution in [0.3, 0.4) is 0 Å². The zero-order valence-electron chi connectivity index (χ0n) is 19.4. The lowest BCUT2D eigenvalue weighted by molar-refractivity contribution is -0.110. The fraction of sp³-hybridized carbons (Fsp3) is 0.0690. The van der Waals surface area contributed by atoms with Crippen LogP contribution in [0.5, 0.6) is 5.75 Å². The van der Waals surface area contributed by atoms with Gasteiger partial charge in [-0.3, -0.25) is 10.2 Å². The van der Waals surface area contributed by atoms with Crippen molar-refractivity contribution >= 4 is 29.0 Å². The van der Waals surface area contributed by atoms with Crippen molar-refractivity contribution in [2.45, 2.75) is 13.3 Å². The number of carbonyl (C=O) groups excluding carboxylic acids is 1. The monoisotopic (exact) mass is 477 g/mol. The van der Waals surface area contributed by atoms with Gasteiger partial charge in [0.15, 0.2) is 5.71 Å². The van der Waals surface area contributed by atoms with Gasteiger partial charge in [-0.2, -0.15) is 5.10 Å². The number of para-hydroxylation sites is 1. The van der Waals surface area contributed by atoms with Crippen LogP contribution in [-0.2, 0) is 11.2 Å². The van der Waals surface area contributed by atoms with E-state index in [-0.39, 0.29) is 22.9 Å². The fourth-order valence-electron chi connectivity index (χ4n) is 4.16. The van der Waals surface area contributed by atoms with Gasteiger partial charge >= 0.3 is 5.97 Å². The lowest BCUT2D eigenvalue weighted by Gasteiger charge is -2.10. The Balaban J connectivity index is 1.40. The molecular weight excluding hydrogens is 454 g/mol. The molecular formula is C29H23N3O4. The summed E-state index contributed by atoms with van der Waals surface area (Å²) in [6.07, 6.45) is 0.975. The van der Waals surface area contributed by atoms with Crippen LogP contribution in [0.25, 0.3) is 22.3 Å². The van der Waals surface area contributed by atoms with E-state index in [2.05, 4.69) is 47.0 Å². The number of aryl methyl sites for hydroxylation is 1. The summed E-state index contributed by atoms with van der Waals surface area (Å²) in [5, 5.41) is 27.1. The Bertz CT molecular complexity index is 1510. The van der Waals surface area contributed by atoms with Crippen molar-refractivity contribution in [2.75, 3.05) is 10.7 Å². The second-order valence-corrected chi connectivity index (χ2v) is 8.42. The molecule has 0 spiro atoms. The van der Waals surface area contributed by atoms with Crippen molar-refractivity contribution in [1.29, 1.82) is 0 Å². The number of aromatic hydroxyl groups is 1. The maximum atomic E-state index is 12.7. The molecule has 1 heterocycles. The summed E-state index contributed by atoms with van der Waals surface area (Å²) in [4.78, 5) is 23.8. The van der Waals surface area contributed by atoms with Crippen LogP contribution in [0.4, 0.5) is 11.4 Å². The smallest absolute Gasteiger partial charge is 0.335 e. The summed E-state index contributed by atoms with van der Waals surface area (Å²) in [5.74, 6) is -1.42. The lowest BCUT2D eigenvalue weighted by Crippen LogP contribution is -2.15. The van der Waals surface area contributed by atoms with Gasteiger partial charge < -0.3 is 15.5 Å². The molecule has 0 saturated heterocycles. The summed E-state index contributed by atoms with van der Waals surface area (Å²) in [6, 6.07) is 25.4. The van der Waals surface area contributed by atoms with Crippen molar-refractivity contribution < 1.29 is 19.8 Å². The molecule has 0 radical (unpaired) electrons. The standard InChI is InChI=1S/C29H23N3O4/c1-2-17-6-8-18(9-7-17)21-14-15-23-25(16-21)30-28(34)26(23)32-31-24-5-3-4-22(27(24)33)19-10-12-20(13-11-19)29(35)36/h3-16,31,33H,2H2,1H3,(H,35,36)(H,30,32,34). The molecule has 1 aliphatic heterocycles. The molecule has 7 heteroatoms. The molecule has 0 atom stereocenters. The number of hydrazone groups is 1. The highest BCUT2D eigenvalue weighted by atomic mass is 16.4. The number of amides is 1. The van der Waals surface area contributed by atoms with Gasteiger partial charge in [-0.25, -0.2) is 4.79 Å². The average molecular weight is 478 g/mol. The molecule has 36 heavy (non-hydrogen) atoms. The minimum Gasteiger partial charge on any atom is -0.505 e. The maximum absolute atomic E-state index is 12.7. The van der Waals surface area contributed by atoms with Gasteiger partial charge in [-0.05, 0) is 59.0 Å². The van der Waals surface area contributed by atoms with E-state index in [9.17, 15) is 14.7 Å². The van der Waals surface area contributed by atoms with E-state index in [1.54, 1.807) is 30.3 Å². The van der Waals surface area contributed by atoms with Crippen molar-refractivity contribution in [3.05, 3.63) is 102 Å². The highest BCUT2D eigenvalue weighted by Crippen LogP contribution is 2.36. The van der Waals surface area contributed by atoms with Crippen LogP contribution >= 0.6 is 0 Å². The molecule has 0 fully saturated rings. The first-order chi connectivity index (χ1) is 17.4. The fourth-order valence-corrected chi connectivity index (χ4v) is 4.16. The summed E-state index contributed by atoms with van der Waals surface area (Å²) in [5.41, 5.74) is 9.31. The number of nitrogens with one attached hydrogen (secondary N) is 2. The molecule has 4 aromatic rings. The summed E-state index contributed by atoms with van der Waals surface area (Å²) < 4.78 is 0. The number of phenols is 1. The first-order valence-electron chi connectivity index (χ1n) is 11.5. The van der Waals surface area contributed by atoms with Crippen molar-refractivity contribution in [2.24, 2.45) is 5.10 Å². The lowest BCUT2D eigenvalue weighted by atomic mass is 10.0. The first kappa shape index (κ1) is 22.9. The van der Waals surface area contributed by atoms with E-state index in [1.165, 1.54) is 17.7 Å². The third-order valence-electron chi connectivity index (χ3n) is 6.20. The van der Waals surface area contributed by atoms with Gasteiger partial charge in [0.25, 0.3) is 5.91 Å². The van der Waals surface area contributed by atoms with Crippen LogP contribution in [0.15, 0.2) is 90.0 Å². The zero-order valence-corrected chi connectivity index (χ0v) is 19.4. The highest BCUT2D eigenvalue weighted by Gasteiger charge is 2.26. The molecule has 178 valence electrons. The van der Waals surface area contributed by atoms with E-state index >= 15 is 0 Å². The van der Waals surface area contributed by atoms with Gasteiger partial charge in [-0.1, -0.05) is 61.5 Å². The molecule has 1 amide bonds. The SMILES string of the molecule is CCc1ccc(-c2ccc3c(c2)NC(=O)C3=NNc2cccc(-c3ccc(C(=O)O)cc3)c2O)cc1. The predicted octanol–water partition coefficient (Wildman–Crippen LogP) is 5.76. The Hall–Kier alpha value is -4.91. The molecule has 4 aromatic carbocycles. The highest BCUT2D eigenvalue weighted by molar-refractivity contribution is 6.54. The van der Waals surface area contributed by atoms with Crippen LogP contribution < -0.4 is 10.7 Å². The number of anilines is 2. The molecule has 1 aliphatic rings. The molecule has 0 aromatic heterocycles. The topological polar surface area (TPSA) is 111 Å². The number of carboxylic acids is 1. The van der Waals surface area contributed by atoms with Crippen molar-refractivity contribution in [3.63, 3.8) is 0 Å². The maximum Gasteiger partial charge on any atom is 0.335 e. The van der Waals surface area contributed by atoms with Gasteiger partial charge in [0.1, 0.15) is 5.75 Å². The minimum absolute atomic E-state index is 0.0607. The molecule has 0 saturated carbocycles. The van der Waals surface area contributed by atoms with Gasteiger partial charge in [0, 0.05) is 11.1 Å². The molecule has 4 N–H and O–H groups in total. The van der Waals surface area contributed by atoms with E-state index in [4.69, 9.17) is 5.11 Å². The van der Waals surface area contributed by atoms with E-state index < -0.39 is 5.97 Å². The van der Waals surface area contributed by atoms with Crippen molar-refractivity contribution in [3.8, 4) is 28.0 Å². The first-order valence-corrected chi connectivity index (χ1v) is 11.5. The number of hydrogen-bond acceptors (Lipinski definition) is 5. The number of nitrogens with zero attached hydrogens (tertiary/aromatic N) is 1. The molecule has 5 rings (SSSR count). The number of fused-ring (bicyclic) bond motifs is 1. The second-order valence-electron chi connectivity index (χ2n) is 8.42. The Kier molecular flexibility index (Phi) is 5.96. The van der Waals surface area contributed by atoms with Crippen LogP contribution in [-0.4, -0.2) is 27.8 Å². The summed E-state index contributed by atoms with van der Waals surface area (Å²) in [6.45, 7) is 2.11. The number of benzene rings is 4. The third-order valence-corrected chi connectivity index (χ3v) is 6.20. The Morgan fingerprint density at radius 2 is 1.58 bits per heavy atom. The quantitative estimate of drug-likeness (QED) is 0.209. The van der Waals surface area contributed by atoms with Gasteiger partial charge in [-0.15, -0.1) is 0 Å². The minimum atomic E-state index is -1.02. The van der Waals surface area contributed by atoms with E-state index in [1.807, 2.05) is 18.2 Å². The Labute approximate surface area is 207 Å². The summed E-state index contributed by atoms with van der Waals surface area (Å²) in [7, 11) is 0. The van der Waals surface area contributed by atoms with Crippen LogP contribution in [0.1, 0.15) is 28.4 Å². The number of carbonyl (C=O) groups is 2. The Morgan fingerprint density at radius 1 is 0.889 bits per heavy atom. The average Bonchev–Trinajstić information content (AvgIpc) is 3.22. The largest absolute Gasteiger partial charge is 0.505 e. The number of aromatic carboxylic acids is 1. The molecule has 0 bridgehead atoms. The third kappa shape index (κ3) is 4.30. The molecule has 7 nitrogen and oxygen atoms in total. The van der Waals surface area contributed by atoms with E-state index in [0.717, 1.165) is 17.5 Å². The molecule has 0 aliphatic carbocycles. The van der Waals surface area contributed by atoms with E-state index in [0.29, 0.717) is 28.1 Å². The number of rotatable bonds is 6. The van der Waals surface area contributed by atoms with Gasteiger partial charge in [0.05, 0.1) is 16.9 Å². The normalized spacial score (nSPS) is 13.4.